The van der Waals surface area contributed by atoms with Gasteiger partial charge in [-0.25, -0.2) is 16.8 Å². The van der Waals surface area contributed by atoms with Crippen LogP contribution in [0.2, 0.25) is 5.28 Å². The molecule has 27 nitrogen and oxygen atoms in total. The van der Waals surface area contributed by atoms with E-state index in [4.69, 9.17) is 17.3 Å². The second kappa shape index (κ2) is 18.8. The summed E-state index contributed by atoms with van der Waals surface area (Å²) in [7, 11) is -28.2. The van der Waals surface area contributed by atoms with Gasteiger partial charge in [-0.3, -0.25) is 18.2 Å². The first kappa shape index (κ1) is 52.5. The molecule has 0 spiro atoms. The molecule has 0 amide bonds. The third kappa shape index (κ3) is 11.1. The molecule has 1 heterocycles. The van der Waals surface area contributed by atoms with E-state index in [1.807, 2.05) is 0 Å². The van der Waals surface area contributed by atoms with Crippen molar-refractivity contribution in [3.05, 3.63) is 102 Å². The van der Waals surface area contributed by atoms with Crippen LogP contribution in [0.3, 0.4) is 0 Å². The molecule has 0 unspecified atom stereocenters. The first-order valence-electron chi connectivity index (χ1n) is 18.2. The molecule has 0 aliphatic rings. The molecule has 6 aromatic rings. The lowest BCUT2D eigenvalue weighted by Crippen LogP contribution is -2.15. The average molecular weight is 1100 g/mol. The van der Waals surface area contributed by atoms with Gasteiger partial charge in [0.15, 0.2) is 25.4 Å². The summed E-state index contributed by atoms with van der Waals surface area (Å²) in [6.07, 6.45) is 0. The number of nitrogens with one attached hydrogen (secondary N) is 1. The molecule has 0 bridgehead atoms. The quantitative estimate of drug-likeness (QED) is 0.0325. The first-order chi connectivity index (χ1) is 32.3. The normalized spacial score (nSPS) is 12.9. The van der Waals surface area contributed by atoms with Crippen molar-refractivity contribution in [2.75, 3.05) is 23.0 Å². The number of halogens is 1. The van der Waals surface area contributed by atoms with Crippen LogP contribution < -0.4 is 16.0 Å². The Morgan fingerprint density at radius 3 is 1.74 bits per heavy atom. The first-order valence-corrected chi connectivity index (χ1v) is 27.4. The summed E-state index contributed by atoms with van der Waals surface area (Å²) in [5, 5.41) is 28.0. The number of benzene rings is 5. The van der Waals surface area contributed by atoms with E-state index in [9.17, 15) is 73.8 Å². The predicted molar refractivity (Wildman–Crippen MR) is 248 cm³/mol. The highest BCUT2D eigenvalue weighted by Gasteiger charge is 2.29. The van der Waals surface area contributed by atoms with Gasteiger partial charge in [-0.15, -0.1) is 20.5 Å². The lowest BCUT2D eigenvalue weighted by molar-refractivity contribution is 0.472. The maximum atomic E-state index is 12.7. The average Bonchev–Trinajstić information content (AvgIpc) is 3.26. The number of rotatable bonds is 16. The van der Waals surface area contributed by atoms with Crippen molar-refractivity contribution in [2.45, 2.75) is 29.4 Å². The third-order valence-corrected chi connectivity index (χ3v) is 15.7. The van der Waals surface area contributed by atoms with E-state index in [1.54, 1.807) is 0 Å². The van der Waals surface area contributed by atoms with Crippen molar-refractivity contribution in [1.82, 2.24) is 15.0 Å². The van der Waals surface area contributed by atoms with Gasteiger partial charge >= 0.3 is 0 Å². The van der Waals surface area contributed by atoms with Gasteiger partial charge in [-0.2, -0.15) is 48.6 Å². The molecule has 8 N–H and O–H groups in total. The fraction of sp³-hybridized carbons (Fsp3) is 0.0278. The molecule has 0 saturated carbocycles. The van der Waals surface area contributed by atoms with E-state index in [0.717, 1.165) is 29.7 Å². The Morgan fingerprint density at radius 2 is 1.17 bits per heavy atom. The van der Waals surface area contributed by atoms with Gasteiger partial charge in [0.1, 0.15) is 42.3 Å². The van der Waals surface area contributed by atoms with E-state index in [-0.39, 0.29) is 28.2 Å². The van der Waals surface area contributed by atoms with E-state index in [1.165, 1.54) is 36.2 Å². The lowest BCUT2D eigenvalue weighted by Gasteiger charge is -2.18. The van der Waals surface area contributed by atoms with Gasteiger partial charge in [0.2, 0.25) is 17.2 Å². The van der Waals surface area contributed by atoms with Gasteiger partial charge in [-0.1, -0.05) is 19.2 Å². The molecule has 5 aromatic carbocycles. The molecule has 0 fully saturated rings. The number of nitrogens with zero attached hydrogens (tertiary/aromatic N) is 8. The number of hydrogen-bond acceptors (Lipinski definition) is 23. The molecule has 0 atom stereocenters. The van der Waals surface area contributed by atoms with Crippen LogP contribution in [0.25, 0.3) is 10.8 Å². The van der Waals surface area contributed by atoms with Gasteiger partial charge in [0, 0.05) is 29.2 Å². The summed E-state index contributed by atoms with van der Waals surface area (Å²) >= 11 is 6.17. The molecular formula is C36H29ClN10O17S6. The summed E-state index contributed by atoms with van der Waals surface area (Å²) in [6, 6.07) is 11.2. The smallest absolute Gasteiger partial charge is 0.296 e. The van der Waals surface area contributed by atoms with Crippen molar-refractivity contribution < 1.29 is 73.8 Å². The number of phenols is 1. The van der Waals surface area contributed by atoms with Gasteiger partial charge < -0.3 is 21.1 Å². The predicted octanol–water partition coefficient (Wildman–Crippen LogP) is 6.13. The minimum absolute atomic E-state index is 0.113. The van der Waals surface area contributed by atoms with Crippen LogP contribution in [0.1, 0.15) is 0 Å². The Labute approximate surface area is 401 Å². The Morgan fingerprint density at radius 1 is 0.629 bits per heavy atom. The van der Waals surface area contributed by atoms with E-state index in [0.29, 0.717) is 29.7 Å². The topological polar surface area (TPSA) is 435 Å². The Kier molecular flexibility index (Phi) is 14.1. The number of aromatic hydroxyl groups is 1. The van der Waals surface area contributed by atoms with Crippen molar-refractivity contribution in [3.63, 3.8) is 0 Å². The summed E-state index contributed by atoms with van der Waals surface area (Å²) in [5.74, 6) is -1.82. The van der Waals surface area contributed by atoms with Crippen LogP contribution in [0.15, 0.2) is 147 Å². The monoisotopic (exact) mass is 1100 g/mol. The highest BCUT2D eigenvalue weighted by atomic mass is 35.5. The third-order valence-electron chi connectivity index (χ3n) is 9.28. The number of hydrogen-bond donors (Lipinski definition) is 7. The zero-order chi connectivity index (χ0) is 52.1. The van der Waals surface area contributed by atoms with Crippen LogP contribution in [0, 0.1) is 0 Å². The molecule has 0 saturated heterocycles. The van der Waals surface area contributed by atoms with Gasteiger partial charge in [0.25, 0.3) is 40.5 Å². The number of nitrogens with two attached hydrogens (primary N) is 1. The van der Waals surface area contributed by atoms with Crippen molar-refractivity contribution in [2.24, 2.45) is 20.5 Å². The molecule has 0 aliphatic heterocycles. The zero-order valence-electron chi connectivity index (χ0n) is 34.6. The van der Waals surface area contributed by atoms with Gasteiger partial charge in [-0.05, 0) is 83.7 Å². The highest BCUT2D eigenvalue weighted by molar-refractivity contribution is 7.94. The molecule has 1 aromatic heterocycles. The molecule has 6 rings (SSSR count). The standard InChI is InChI=1S/C36H29ClN10O17S6/c1-4-65(49,50)21-8-6-7-20(16-21)47(3)36-41-34(37)40-35(42-36)39-19-9-12-25(67(53,54)55)24(15-19)44-46-32-28(70(62,63)64)14-18-13-27(69(59,60)61)31(30(38)29(18)33(32)48)45-43-23-11-10-22(66(51,52)5-2)17-26(23)68(56,57)58/h4-17,48H,1-2,38H2,3H3,(H,53,54,55)(H,56,57,58)(H,59,60,61)(H,62,63,64)(H,39,40,41,42)/b45-43+,46-44+. The number of fused-ring (bicyclic) bond motifs is 1. The number of azo groups is 2. The SMILES string of the molecule is C=CS(=O)(=O)c1cccc(N(C)c2nc(Cl)nc(Nc3ccc(S(=O)(=O)O)c(/N=N/c4c(S(=O)(=O)O)cc5cc(S(=O)(=O)O)c(/N=N/c6ccc(S(=O)(=O)C=C)cc6S(=O)(=O)O)c(N)c5c4O)c3)n2)c1. The minimum atomic E-state index is -5.53. The van der Waals surface area contributed by atoms with E-state index in [2.05, 4.69) is 53.9 Å². The van der Waals surface area contributed by atoms with Gasteiger partial charge in [0.05, 0.1) is 20.9 Å². The van der Waals surface area contributed by atoms with Crippen molar-refractivity contribution >= 4 is 134 Å². The number of anilines is 5. The van der Waals surface area contributed by atoms with Crippen molar-refractivity contribution in [1.29, 1.82) is 0 Å². The Balaban J connectivity index is 1.49. The maximum absolute atomic E-state index is 12.7. The Hall–Kier alpha value is -6.92. The molecule has 0 radical (unpaired) electrons. The van der Waals surface area contributed by atoms with Crippen LogP contribution in [-0.4, -0.2) is 95.8 Å². The van der Waals surface area contributed by atoms with Crippen molar-refractivity contribution in [3.8, 4) is 5.75 Å². The second-order valence-corrected chi connectivity index (χ2v) is 23.4. The number of aromatic nitrogens is 3. The van der Waals surface area contributed by atoms with Crippen LogP contribution >= 0.6 is 11.6 Å². The highest BCUT2D eigenvalue weighted by Crippen LogP contribution is 2.49. The fourth-order valence-electron chi connectivity index (χ4n) is 6.02. The second-order valence-electron chi connectivity index (χ2n) is 13.8. The fourth-order valence-corrected chi connectivity index (χ4v) is 10.3. The molecular weight excluding hydrogens is 1070 g/mol. The van der Waals surface area contributed by atoms with Crippen LogP contribution in [-0.2, 0) is 60.1 Å². The summed E-state index contributed by atoms with van der Waals surface area (Å²) < 4.78 is 190. The maximum Gasteiger partial charge on any atom is 0.296 e. The Bertz CT molecular complexity index is 4010. The minimum Gasteiger partial charge on any atom is -0.505 e. The number of sulfone groups is 2. The molecule has 34 heteroatoms. The lowest BCUT2D eigenvalue weighted by atomic mass is 10.1. The van der Waals surface area contributed by atoms with Crippen LogP contribution in [0.4, 0.5) is 51.7 Å². The number of nitrogen functional groups attached to an aromatic ring is 1. The van der Waals surface area contributed by atoms with E-state index < -0.39 is 135 Å². The largest absolute Gasteiger partial charge is 0.505 e. The zero-order valence-corrected chi connectivity index (χ0v) is 40.3. The molecule has 0 aliphatic carbocycles. The van der Waals surface area contributed by atoms with Crippen LogP contribution in [0.5, 0.6) is 5.75 Å². The number of phenolic OH excluding ortho intramolecular Hbond substituents is 1. The molecule has 368 valence electrons. The summed E-state index contributed by atoms with van der Waals surface area (Å²) in [5.41, 5.74) is 1.39. The van der Waals surface area contributed by atoms with E-state index >= 15 is 0 Å². The summed E-state index contributed by atoms with van der Waals surface area (Å²) in [6.45, 7) is 6.40. The summed E-state index contributed by atoms with van der Waals surface area (Å²) in [4.78, 5) is 7.95. The molecule has 70 heavy (non-hydrogen) atoms.